The van der Waals surface area contributed by atoms with Gasteiger partial charge in [-0.25, -0.2) is 0 Å². The first-order valence-corrected chi connectivity index (χ1v) is 7.64. The van der Waals surface area contributed by atoms with Crippen LogP contribution < -0.4 is 15.5 Å². The van der Waals surface area contributed by atoms with Crippen molar-refractivity contribution in [3.8, 4) is 0 Å². The summed E-state index contributed by atoms with van der Waals surface area (Å²) in [6, 6.07) is 5.76. The lowest BCUT2D eigenvalue weighted by Crippen LogP contribution is -2.29. The van der Waals surface area contributed by atoms with Gasteiger partial charge in [0.2, 0.25) is 11.8 Å². The van der Waals surface area contributed by atoms with E-state index >= 15 is 0 Å². The van der Waals surface area contributed by atoms with Crippen LogP contribution in [-0.4, -0.2) is 30.9 Å². The molecule has 1 aliphatic carbocycles. The van der Waals surface area contributed by atoms with Gasteiger partial charge in [-0.3, -0.25) is 9.59 Å². The van der Waals surface area contributed by atoms with Gasteiger partial charge in [0.25, 0.3) is 0 Å². The van der Waals surface area contributed by atoms with Crippen molar-refractivity contribution in [2.75, 3.05) is 23.3 Å². The average Bonchev–Trinajstić information content (AvgIpc) is 3.19. The zero-order chi connectivity index (χ0) is 14.8. The molecule has 5 nitrogen and oxygen atoms in total. The van der Waals surface area contributed by atoms with E-state index in [-0.39, 0.29) is 11.8 Å². The minimum Gasteiger partial charge on any atom is -0.325 e. The zero-order valence-corrected chi connectivity index (χ0v) is 12.4. The van der Waals surface area contributed by atoms with Crippen LogP contribution in [0.5, 0.6) is 0 Å². The molecule has 2 N–H and O–H groups in total. The summed E-state index contributed by atoms with van der Waals surface area (Å²) in [5.41, 5.74) is 1.37. The predicted molar refractivity (Wildman–Crippen MR) is 82.7 cm³/mol. The van der Waals surface area contributed by atoms with E-state index in [9.17, 15) is 9.59 Å². The first-order chi connectivity index (χ1) is 10.1. The topological polar surface area (TPSA) is 61.4 Å². The van der Waals surface area contributed by atoms with E-state index < -0.39 is 0 Å². The van der Waals surface area contributed by atoms with Crippen LogP contribution in [0.15, 0.2) is 18.2 Å². The van der Waals surface area contributed by atoms with Gasteiger partial charge in [0.05, 0.1) is 17.3 Å². The lowest BCUT2D eigenvalue weighted by molar-refractivity contribution is -0.117. The molecule has 1 aromatic rings. The molecule has 0 bridgehead atoms. The third-order valence-corrected chi connectivity index (χ3v) is 4.03. The quantitative estimate of drug-likeness (QED) is 0.876. The first kappa shape index (κ1) is 14.4. The fourth-order valence-electron chi connectivity index (χ4n) is 2.44. The summed E-state index contributed by atoms with van der Waals surface area (Å²) in [6.45, 7) is 1.02. The normalized spacial score (nSPS) is 18.1. The Bertz CT molecular complexity index is 572. The number of nitrogens with one attached hydrogen (secondary N) is 2. The van der Waals surface area contributed by atoms with E-state index in [4.69, 9.17) is 11.6 Å². The predicted octanol–water partition coefficient (Wildman–Crippen LogP) is 2.16. The number of anilines is 2. The summed E-state index contributed by atoms with van der Waals surface area (Å²) >= 11 is 6.23. The van der Waals surface area contributed by atoms with Crippen molar-refractivity contribution >= 4 is 34.8 Å². The standard InChI is InChI=1S/C15H18ClN3O2/c16-12-8-11(18-14(20)9-17-10-3-4-10)5-6-13(12)19-7-1-2-15(19)21/h5-6,8,10,17H,1-4,7,9H2,(H,18,20). The smallest absolute Gasteiger partial charge is 0.238 e. The van der Waals surface area contributed by atoms with E-state index in [1.807, 2.05) is 0 Å². The molecule has 0 atom stereocenters. The highest BCUT2D eigenvalue weighted by atomic mass is 35.5. The maximum atomic E-state index is 11.8. The molecular formula is C15H18ClN3O2. The van der Waals surface area contributed by atoms with Crippen LogP contribution in [-0.2, 0) is 9.59 Å². The Balaban J connectivity index is 1.63. The van der Waals surface area contributed by atoms with Crippen LogP contribution in [0, 0.1) is 0 Å². The number of hydrogen-bond donors (Lipinski definition) is 2. The van der Waals surface area contributed by atoms with Gasteiger partial charge in [-0.15, -0.1) is 0 Å². The summed E-state index contributed by atoms with van der Waals surface area (Å²) in [7, 11) is 0. The molecule has 0 unspecified atom stereocenters. The highest BCUT2D eigenvalue weighted by molar-refractivity contribution is 6.34. The maximum absolute atomic E-state index is 11.8. The number of benzene rings is 1. The highest BCUT2D eigenvalue weighted by Gasteiger charge is 2.24. The van der Waals surface area contributed by atoms with Gasteiger partial charge in [-0.05, 0) is 37.5 Å². The lowest BCUT2D eigenvalue weighted by Gasteiger charge is -2.18. The van der Waals surface area contributed by atoms with Gasteiger partial charge in [0, 0.05) is 24.7 Å². The number of nitrogens with zero attached hydrogens (tertiary/aromatic N) is 1. The van der Waals surface area contributed by atoms with E-state index in [0.717, 1.165) is 19.3 Å². The maximum Gasteiger partial charge on any atom is 0.238 e. The minimum atomic E-state index is -0.0806. The van der Waals surface area contributed by atoms with Crippen molar-refractivity contribution < 1.29 is 9.59 Å². The third kappa shape index (κ3) is 3.54. The monoisotopic (exact) mass is 307 g/mol. The Labute approximate surface area is 128 Å². The van der Waals surface area contributed by atoms with Crippen LogP contribution in [0.1, 0.15) is 25.7 Å². The number of rotatable bonds is 5. The van der Waals surface area contributed by atoms with Crippen LogP contribution in [0.25, 0.3) is 0 Å². The molecule has 1 saturated heterocycles. The summed E-state index contributed by atoms with van der Waals surface area (Å²) in [5.74, 6) is 0.0188. The molecule has 1 heterocycles. The van der Waals surface area contributed by atoms with E-state index in [1.54, 1.807) is 23.1 Å². The van der Waals surface area contributed by atoms with Gasteiger partial charge in [-0.2, -0.15) is 0 Å². The highest BCUT2D eigenvalue weighted by Crippen LogP contribution is 2.31. The fourth-order valence-corrected chi connectivity index (χ4v) is 2.72. The largest absolute Gasteiger partial charge is 0.325 e. The van der Waals surface area contributed by atoms with Gasteiger partial charge in [-0.1, -0.05) is 11.6 Å². The van der Waals surface area contributed by atoms with Crippen molar-refractivity contribution in [1.82, 2.24) is 5.32 Å². The summed E-state index contributed by atoms with van der Waals surface area (Å²) < 4.78 is 0. The molecule has 1 saturated carbocycles. The van der Waals surface area contributed by atoms with Crippen LogP contribution >= 0.6 is 11.6 Å². The van der Waals surface area contributed by atoms with Crippen molar-refractivity contribution in [3.05, 3.63) is 23.2 Å². The van der Waals surface area contributed by atoms with E-state index in [0.29, 0.717) is 41.9 Å². The second-order valence-corrected chi connectivity index (χ2v) is 5.93. The fraction of sp³-hybridized carbons (Fsp3) is 0.467. The number of carbonyl (C=O) groups excluding carboxylic acids is 2. The zero-order valence-electron chi connectivity index (χ0n) is 11.7. The van der Waals surface area contributed by atoms with Crippen molar-refractivity contribution in [3.63, 3.8) is 0 Å². The molecule has 21 heavy (non-hydrogen) atoms. The Kier molecular flexibility index (Phi) is 4.12. The first-order valence-electron chi connectivity index (χ1n) is 7.26. The molecule has 3 rings (SSSR count). The van der Waals surface area contributed by atoms with Crippen molar-refractivity contribution in [2.24, 2.45) is 0 Å². The Hall–Kier alpha value is -1.59. The molecule has 2 fully saturated rings. The minimum absolute atomic E-state index is 0.0806. The average molecular weight is 308 g/mol. The van der Waals surface area contributed by atoms with E-state index in [1.165, 1.54) is 0 Å². The molecule has 0 radical (unpaired) electrons. The number of hydrogen-bond acceptors (Lipinski definition) is 3. The number of halogens is 1. The van der Waals surface area contributed by atoms with Gasteiger partial charge in [0.15, 0.2) is 0 Å². The summed E-state index contributed by atoms with van der Waals surface area (Å²) in [4.78, 5) is 25.2. The van der Waals surface area contributed by atoms with Crippen LogP contribution in [0.3, 0.4) is 0 Å². The number of carbonyl (C=O) groups is 2. The second kappa shape index (κ2) is 6.03. The molecule has 0 aromatic heterocycles. The SMILES string of the molecule is O=C(CNC1CC1)Nc1ccc(N2CCCC2=O)c(Cl)c1. The van der Waals surface area contributed by atoms with Crippen LogP contribution in [0.4, 0.5) is 11.4 Å². The molecule has 2 aliphatic rings. The van der Waals surface area contributed by atoms with Gasteiger partial charge in [0.1, 0.15) is 0 Å². The van der Waals surface area contributed by atoms with E-state index in [2.05, 4.69) is 10.6 Å². The Morgan fingerprint density at radius 3 is 2.81 bits per heavy atom. The summed E-state index contributed by atoms with van der Waals surface area (Å²) in [5, 5.41) is 6.45. The lowest BCUT2D eigenvalue weighted by atomic mass is 10.2. The van der Waals surface area contributed by atoms with Gasteiger partial charge >= 0.3 is 0 Å². The molecule has 1 aromatic carbocycles. The molecule has 0 spiro atoms. The Morgan fingerprint density at radius 1 is 1.38 bits per heavy atom. The van der Waals surface area contributed by atoms with Crippen molar-refractivity contribution in [1.29, 1.82) is 0 Å². The summed E-state index contributed by atoms with van der Waals surface area (Å²) in [6.07, 6.45) is 3.73. The third-order valence-electron chi connectivity index (χ3n) is 3.72. The van der Waals surface area contributed by atoms with Gasteiger partial charge < -0.3 is 15.5 Å². The molecule has 112 valence electrons. The Morgan fingerprint density at radius 2 is 2.19 bits per heavy atom. The molecule has 1 aliphatic heterocycles. The molecule has 2 amide bonds. The second-order valence-electron chi connectivity index (χ2n) is 5.52. The number of amides is 2. The van der Waals surface area contributed by atoms with Crippen LogP contribution in [0.2, 0.25) is 5.02 Å². The van der Waals surface area contributed by atoms with Crippen molar-refractivity contribution in [2.45, 2.75) is 31.7 Å². The molecular weight excluding hydrogens is 290 g/mol. The molecule has 6 heteroatoms.